The highest BCUT2D eigenvalue weighted by atomic mass is 35.5. The SMILES string of the molecule is Cc1ccc(-c2cc(-c3ccc(Cl)cc3)nc3sc(C(=O)c4c(O)on[n+]4-c4ccc(OC(F)(F)F)cc4)c(N)c23)cc1. The molecule has 0 aliphatic rings. The van der Waals surface area contributed by atoms with Gasteiger partial charge in [0.2, 0.25) is 11.0 Å². The van der Waals surface area contributed by atoms with Crippen molar-refractivity contribution in [3.05, 3.63) is 100 Å². The van der Waals surface area contributed by atoms with E-state index in [1.165, 1.54) is 12.1 Å². The number of hydrogen-bond donors (Lipinski definition) is 2. The summed E-state index contributed by atoms with van der Waals surface area (Å²) in [6, 6.07) is 21.4. The summed E-state index contributed by atoms with van der Waals surface area (Å²) in [5.41, 5.74) is 10.6. The molecule has 3 aromatic carbocycles. The van der Waals surface area contributed by atoms with Gasteiger partial charge in [-0.3, -0.25) is 9.32 Å². The van der Waals surface area contributed by atoms with Gasteiger partial charge in [0.1, 0.15) is 15.5 Å². The lowest BCUT2D eigenvalue weighted by Gasteiger charge is -2.09. The number of pyridine rings is 1. The molecule has 0 aliphatic heterocycles. The normalized spacial score (nSPS) is 11.7. The van der Waals surface area contributed by atoms with Crippen LogP contribution in [0.15, 0.2) is 83.4 Å². The first-order valence-corrected chi connectivity index (χ1v) is 13.8. The summed E-state index contributed by atoms with van der Waals surface area (Å²) in [5, 5.41) is 15.3. The zero-order valence-electron chi connectivity index (χ0n) is 22.0. The molecule has 0 aliphatic carbocycles. The molecule has 216 valence electrons. The molecule has 6 rings (SSSR count). The number of benzene rings is 3. The number of carbonyl (C=O) groups excluding carboxylic acids is 1. The van der Waals surface area contributed by atoms with Crippen LogP contribution in [0, 0.1) is 6.92 Å². The zero-order valence-corrected chi connectivity index (χ0v) is 23.6. The van der Waals surface area contributed by atoms with E-state index in [0.29, 0.717) is 20.9 Å². The second-order valence-corrected chi connectivity index (χ2v) is 10.9. The molecule has 6 aromatic rings. The van der Waals surface area contributed by atoms with Crippen molar-refractivity contribution in [2.75, 3.05) is 5.73 Å². The van der Waals surface area contributed by atoms with Crippen LogP contribution in [0.25, 0.3) is 38.3 Å². The number of alkyl halides is 3. The highest BCUT2D eigenvalue weighted by molar-refractivity contribution is 7.21. The lowest BCUT2D eigenvalue weighted by molar-refractivity contribution is -0.672. The van der Waals surface area contributed by atoms with E-state index in [-0.39, 0.29) is 21.9 Å². The summed E-state index contributed by atoms with van der Waals surface area (Å²) in [5.74, 6) is -2.00. The fourth-order valence-corrected chi connectivity index (χ4v) is 5.73. The Morgan fingerprint density at radius 3 is 2.33 bits per heavy atom. The van der Waals surface area contributed by atoms with E-state index in [4.69, 9.17) is 26.8 Å². The maximum atomic E-state index is 13.9. The van der Waals surface area contributed by atoms with E-state index < -0.39 is 23.8 Å². The van der Waals surface area contributed by atoms with Gasteiger partial charge in [-0.1, -0.05) is 53.6 Å². The number of aromatic nitrogens is 3. The van der Waals surface area contributed by atoms with Gasteiger partial charge in [0.15, 0.2) is 0 Å². The molecule has 3 heterocycles. The zero-order chi connectivity index (χ0) is 30.5. The van der Waals surface area contributed by atoms with Crippen molar-refractivity contribution in [3.63, 3.8) is 0 Å². The number of halogens is 4. The Morgan fingerprint density at radius 2 is 1.67 bits per heavy atom. The van der Waals surface area contributed by atoms with Crippen LogP contribution in [-0.2, 0) is 0 Å². The summed E-state index contributed by atoms with van der Waals surface area (Å²) in [6.45, 7) is 1.97. The van der Waals surface area contributed by atoms with E-state index in [9.17, 15) is 23.1 Å². The summed E-state index contributed by atoms with van der Waals surface area (Å²) >= 11 is 7.11. The molecule has 0 saturated heterocycles. The molecule has 0 spiro atoms. The third kappa shape index (κ3) is 5.49. The third-order valence-corrected chi connectivity index (χ3v) is 7.91. The van der Waals surface area contributed by atoms with Gasteiger partial charge in [0.05, 0.1) is 11.4 Å². The van der Waals surface area contributed by atoms with Crippen molar-refractivity contribution in [1.29, 1.82) is 0 Å². The Balaban J connectivity index is 1.48. The average molecular weight is 624 g/mol. The first kappa shape index (κ1) is 28.2. The molecule has 13 heteroatoms. The van der Waals surface area contributed by atoms with Crippen LogP contribution in [0.2, 0.25) is 5.02 Å². The van der Waals surface area contributed by atoms with Crippen molar-refractivity contribution >= 4 is 44.6 Å². The predicted molar refractivity (Wildman–Crippen MR) is 154 cm³/mol. The van der Waals surface area contributed by atoms with Gasteiger partial charge in [0, 0.05) is 32.8 Å². The number of rotatable bonds is 6. The smallest absolute Gasteiger partial charge is 0.474 e. The topological polar surface area (TPSA) is 115 Å². The second-order valence-electron chi connectivity index (χ2n) is 9.46. The van der Waals surface area contributed by atoms with Gasteiger partial charge in [0.25, 0.3) is 5.78 Å². The molecular weight excluding hydrogens is 605 g/mol. The van der Waals surface area contributed by atoms with Crippen LogP contribution in [0.1, 0.15) is 20.9 Å². The monoisotopic (exact) mass is 623 g/mol. The van der Waals surface area contributed by atoms with Gasteiger partial charge in [-0.05, 0) is 48.4 Å². The van der Waals surface area contributed by atoms with E-state index in [0.717, 1.165) is 50.4 Å². The van der Waals surface area contributed by atoms with Crippen molar-refractivity contribution in [2.24, 2.45) is 0 Å². The number of nitrogens with zero attached hydrogens (tertiary/aromatic N) is 3. The number of nitrogen functional groups attached to an aromatic ring is 1. The van der Waals surface area contributed by atoms with Gasteiger partial charge in [-0.25, -0.2) is 4.98 Å². The van der Waals surface area contributed by atoms with Gasteiger partial charge >= 0.3 is 18.0 Å². The molecule has 0 amide bonds. The summed E-state index contributed by atoms with van der Waals surface area (Å²) in [6.07, 6.45) is -4.88. The first-order chi connectivity index (χ1) is 20.5. The fourth-order valence-electron chi connectivity index (χ4n) is 4.54. The number of nitrogens with two attached hydrogens (primary N) is 1. The minimum atomic E-state index is -4.88. The number of fused-ring (bicyclic) bond motifs is 1. The molecule has 0 saturated carbocycles. The number of anilines is 1. The maximum absolute atomic E-state index is 13.9. The van der Waals surface area contributed by atoms with Crippen LogP contribution < -0.4 is 15.2 Å². The van der Waals surface area contributed by atoms with Crippen LogP contribution >= 0.6 is 22.9 Å². The van der Waals surface area contributed by atoms with E-state index in [2.05, 4.69) is 10.0 Å². The van der Waals surface area contributed by atoms with E-state index >= 15 is 0 Å². The van der Waals surface area contributed by atoms with Crippen LogP contribution in [0.3, 0.4) is 0 Å². The van der Waals surface area contributed by atoms with Crippen LogP contribution in [-0.4, -0.2) is 27.5 Å². The number of aromatic hydroxyl groups is 1. The first-order valence-electron chi connectivity index (χ1n) is 12.6. The minimum absolute atomic E-state index is 0.0633. The molecule has 0 atom stereocenters. The Bertz CT molecular complexity index is 1990. The van der Waals surface area contributed by atoms with Crippen molar-refractivity contribution in [1.82, 2.24) is 10.3 Å². The number of ketones is 1. The molecular formula is C30H19ClF3N4O4S+. The van der Waals surface area contributed by atoms with Crippen molar-refractivity contribution in [3.8, 4) is 39.8 Å². The van der Waals surface area contributed by atoms with Crippen molar-refractivity contribution < 1.29 is 37.0 Å². The van der Waals surface area contributed by atoms with E-state index in [1.54, 1.807) is 12.1 Å². The molecule has 0 fully saturated rings. The number of thiophene rings is 1. The standard InChI is InChI=1S/C30H18ClF3N4O4S/c1-15-2-4-16(5-3-15)21-14-22(17-6-8-18(31)9-7-17)36-28-23(21)24(35)27(43-28)26(39)25-29(40)42-37-38(25)19-10-12-20(13-11-19)41-30(32,33)34/h2-14H,1H3,(H2-,35,37,39,40)/p+1. The van der Waals surface area contributed by atoms with Crippen molar-refractivity contribution in [2.45, 2.75) is 13.3 Å². The Kier molecular flexibility index (Phi) is 7.03. The lowest BCUT2D eigenvalue weighted by Crippen LogP contribution is -2.38. The number of aryl methyl sites for hydroxylation is 1. The number of ether oxygens (including phenoxy) is 1. The fraction of sp³-hybridized carbons (Fsp3) is 0.0667. The average Bonchev–Trinajstić information content (AvgIpc) is 3.52. The van der Waals surface area contributed by atoms with Gasteiger partial charge in [-0.2, -0.15) is 0 Å². The van der Waals surface area contributed by atoms with E-state index in [1.807, 2.05) is 49.4 Å². The molecule has 0 radical (unpaired) electrons. The Hall–Kier alpha value is -4.94. The number of carbonyl (C=O) groups is 1. The molecule has 3 N–H and O–H groups in total. The highest BCUT2D eigenvalue weighted by Crippen LogP contribution is 2.42. The minimum Gasteiger partial charge on any atom is -0.474 e. The van der Waals surface area contributed by atoms with Crippen LogP contribution in [0.5, 0.6) is 11.7 Å². The summed E-state index contributed by atoms with van der Waals surface area (Å²) in [7, 11) is 0. The third-order valence-electron chi connectivity index (χ3n) is 6.56. The molecule has 0 bridgehead atoms. The number of hydrogen-bond acceptors (Lipinski definition) is 8. The van der Waals surface area contributed by atoms with Gasteiger partial charge < -0.3 is 15.6 Å². The van der Waals surface area contributed by atoms with Gasteiger partial charge in [-0.15, -0.1) is 24.5 Å². The summed E-state index contributed by atoms with van der Waals surface area (Å²) < 4.78 is 47.5. The maximum Gasteiger partial charge on any atom is 0.573 e. The summed E-state index contributed by atoms with van der Waals surface area (Å²) in [4.78, 5) is 19.2. The molecule has 0 unspecified atom stereocenters. The Labute approximate surface area is 250 Å². The second kappa shape index (κ2) is 10.7. The highest BCUT2D eigenvalue weighted by Gasteiger charge is 2.37. The molecule has 8 nitrogen and oxygen atoms in total. The lowest BCUT2D eigenvalue weighted by atomic mass is 9.98. The molecule has 43 heavy (non-hydrogen) atoms. The Morgan fingerprint density at radius 1 is 1.02 bits per heavy atom. The molecule has 3 aromatic heterocycles. The predicted octanol–water partition coefficient (Wildman–Crippen LogP) is 7.27. The largest absolute Gasteiger partial charge is 0.573 e. The van der Waals surface area contributed by atoms with Crippen LogP contribution in [0.4, 0.5) is 18.9 Å². The quantitative estimate of drug-likeness (QED) is 0.148.